The van der Waals surface area contributed by atoms with E-state index in [2.05, 4.69) is 10.2 Å². The van der Waals surface area contributed by atoms with Gasteiger partial charge in [-0.3, -0.25) is 0 Å². The third-order valence-corrected chi connectivity index (χ3v) is 3.66. The standard InChI is InChI=1S/C14H18FN3O/c15-13-3-1-2-10-6-12(8-19-14(10)13)18-9-17-7-11(18)4-5-16/h1-3,7,12,17H,4-6,8-9,16H2/t12-/m1/s1. The van der Waals surface area contributed by atoms with Gasteiger partial charge in [0.05, 0.1) is 12.7 Å². The lowest BCUT2D eigenvalue weighted by Crippen LogP contribution is -2.43. The molecule has 1 aromatic rings. The fraction of sp³-hybridized carbons (Fsp3) is 0.429. The molecule has 1 atom stereocenters. The molecule has 0 spiro atoms. The van der Waals surface area contributed by atoms with Gasteiger partial charge in [0.25, 0.3) is 0 Å². The van der Waals surface area contributed by atoms with Crippen LogP contribution in [0.15, 0.2) is 30.1 Å². The molecule has 0 saturated heterocycles. The summed E-state index contributed by atoms with van der Waals surface area (Å²) in [6, 6.07) is 5.34. The Morgan fingerprint density at radius 2 is 2.37 bits per heavy atom. The van der Waals surface area contributed by atoms with Gasteiger partial charge in [0, 0.05) is 18.3 Å². The number of hydrogen-bond acceptors (Lipinski definition) is 4. The number of hydrogen-bond donors (Lipinski definition) is 2. The normalized spacial score (nSPS) is 21.5. The monoisotopic (exact) mass is 263 g/mol. The van der Waals surface area contributed by atoms with E-state index in [9.17, 15) is 4.39 Å². The van der Waals surface area contributed by atoms with Crippen LogP contribution in [0.5, 0.6) is 5.75 Å². The number of ether oxygens (including phenoxy) is 1. The van der Waals surface area contributed by atoms with Crippen molar-refractivity contribution in [1.29, 1.82) is 0 Å². The van der Waals surface area contributed by atoms with Crippen molar-refractivity contribution in [2.24, 2.45) is 5.73 Å². The second kappa shape index (κ2) is 5.09. The van der Waals surface area contributed by atoms with Crippen molar-refractivity contribution in [1.82, 2.24) is 10.2 Å². The fourth-order valence-corrected chi connectivity index (χ4v) is 2.74. The van der Waals surface area contributed by atoms with Gasteiger partial charge in [-0.05, 0) is 24.6 Å². The van der Waals surface area contributed by atoms with E-state index >= 15 is 0 Å². The van der Waals surface area contributed by atoms with Crippen molar-refractivity contribution in [3.63, 3.8) is 0 Å². The molecule has 0 fully saturated rings. The van der Waals surface area contributed by atoms with Gasteiger partial charge in [0.2, 0.25) is 0 Å². The highest BCUT2D eigenvalue weighted by molar-refractivity contribution is 5.37. The summed E-state index contributed by atoms with van der Waals surface area (Å²) >= 11 is 0. The second-order valence-corrected chi connectivity index (χ2v) is 4.90. The molecule has 0 radical (unpaired) electrons. The predicted octanol–water partition coefficient (Wildman–Crippen LogP) is 1.18. The average Bonchev–Trinajstić information content (AvgIpc) is 2.87. The zero-order valence-corrected chi connectivity index (χ0v) is 10.7. The van der Waals surface area contributed by atoms with E-state index in [4.69, 9.17) is 10.5 Å². The zero-order valence-electron chi connectivity index (χ0n) is 10.7. The van der Waals surface area contributed by atoms with E-state index in [-0.39, 0.29) is 11.9 Å². The summed E-state index contributed by atoms with van der Waals surface area (Å²) in [6.07, 6.45) is 3.66. The number of para-hydroxylation sites is 1. The fourth-order valence-electron chi connectivity index (χ4n) is 2.74. The quantitative estimate of drug-likeness (QED) is 0.860. The predicted molar refractivity (Wildman–Crippen MR) is 71.0 cm³/mol. The molecule has 5 heteroatoms. The Kier molecular flexibility index (Phi) is 3.29. The van der Waals surface area contributed by atoms with Gasteiger partial charge in [-0.2, -0.15) is 0 Å². The molecule has 1 aromatic carbocycles. The number of nitrogens with two attached hydrogens (primary N) is 1. The number of nitrogens with zero attached hydrogens (tertiary/aromatic N) is 1. The number of halogens is 1. The first kappa shape index (κ1) is 12.3. The highest BCUT2D eigenvalue weighted by atomic mass is 19.1. The maximum absolute atomic E-state index is 13.6. The summed E-state index contributed by atoms with van der Waals surface area (Å²) < 4.78 is 19.2. The first-order chi connectivity index (χ1) is 9.29. The van der Waals surface area contributed by atoms with Gasteiger partial charge in [0.15, 0.2) is 11.6 Å². The molecule has 19 heavy (non-hydrogen) atoms. The third kappa shape index (κ3) is 2.26. The SMILES string of the molecule is NCCC1=CNCN1[C@H]1COc2c(F)cccc2C1. The summed E-state index contributed by atoms with van der Waals surface area (Å²) in [5.41, 5.74) is 7.77. The molecule has 2 aliphatic rings. The minimum Gasteiger partial charge on any atom is -0.488 e. The van der Waals surface area contributed by atoms with Crippen molar-refractivity contribution < 1.29 is 9.13 Å². The van der Waals surface area contributed by atoms with Gasteiger partial charge in [-0.15, -0.1) is 0 Å². The molecule has 102 valence electrons. The Bertz CT molecular complexity index is 503. The van der Waals surface area contributed by atoms with Crippen molar-refractivity contribution in [2.75, 3.05) is 19.8 Å². The van der Waals surface area contributed by atoms with E-state index < -0.39 is 0 Å². The molecule has 3 rings (SSSR count). The van der Waals surface area contributed by atoms with Crippen LogP contribution in [0.25, 0.3) is 0 Å². The summed E-state index contributed by atoms with van der Waals surface area (Å²) in [7, 11) is 0. The van der Waals surface area contributed by atoms with Gasteiger partial charge in [-0.25, -0.2) is 4.39 Å². The van der Waals surface area contributed by atoms with Crippen LogP contribution in [0.2, 0.25) is 0 Å². The molecule has 2 heterocycles. The molecule has 0 amide bonds. The molecule has 4 nitrogen and oxygen atoms in total. The van der Waals surface area contributed by atoms with E-state index in [1.807, 2.05) is 12.3 Å². The molecule has 0 saturated carbocycles. The van der Waals surface area contributed by atoms with Gasteiger partial charge in [0.1, 0.15) is 6.61 Å². The minimum absolute atomic E-state index is 0.238. The number of fused-ring (bicyclic) bond motifs is 1. The number of rotatable bonds is 3. The van der Waals surface area contributed by atoms with Crippen LogP contribution >= 0.6 is 0 Å². The lowest BCUT2D eigenvalue weighted by Gasteiger charge is -2.34. The Morgan fingerprint density at radius 3 is 3.21 bits per heavy atom. The third-order valence-electron chi connectivity index (χ3n) is 3.66. The lowest BCUT2D eigenvalue weighted by atomic mass is 10.0. The van der Waals surface area contributed by atoms with Crippen LogP contribution in [0.4, 0.5) is 4.39 Å². The largest absolute Gasteiger partial charge is 0.488 e. The maximum atomic E-state index is 13.6. The molecular weight excluding hydrogens is 245 g/mol. The van der Waals surface area contributed by atoms with Crippen molar-refractivity contribution in [2.45, 2.75) is 18.9 Å². The molecule has 0 aromatic heterocycles. The molecular formula is C14H18FN3O. The van der Waals surface area contributed by atoms with E-state index in [1.54, 1.807) is 6.07 Å². The topological polar surface area (TPSA) is 50.5 Å². The van der Waals surface area contributed by atoms with Crippen LogP contribution in [-0.4, -0.2) is 30.8 Å². The summed E-state index contributed by atoms with van der Waals surface area (Å²) in [4.78, 5) is 2.26. The van der Waals surface area contributed by atoms with Crippen molar-refractivity contribution in [3.05, 3.63) is 41.5 Å². The maximum Gasteiger partial charge on any atom is 0.165 e. The van der Waals surface area contributed by atoms with E-state index in [0.29, 0.717) is 18.9 Å². The van der Waals surface area contributed by atoms with Crippen LogP contribution in [0, 0.1) is 5.82 Å². The Morgan fingerprint density at radius 1 is 1.47 bits per heavy atom. The minimum atomic E-state index is -0.270. The van der Waals surface area contributed by atoms with Gasteiger partial charge in [-0.1, -0.05) is 12.1 Å². The van der Waals surface area contributed by atoms with Crippen LogP contribution in [-0.2, 0) is 6.42 Å². The Labute approximate surface area is 112 Å². The van der Waals surface area contributed by atoms with Crippen LogP contribution < -0.4 is 15.8 Å². The lowest BCUT2D eigenvalue weighted by molar-refractivity contribution is 0.147. The molecule has 0 unspecified atom stereocenters. The molecule has 3 N–H and O–H groups in total. The summed E-state index contributed by atoms with van der Waals surface area (Å²) in [5.74, 6) is 0.142. The first-order valence-corrected chi connectivity index (χ1v) is 6.59. The summed E-state index contributed by atoms with van der Waals surface area (Å²) in [6.45, 7) is 1.91. The molecule has 0 bridgehead atoms. The van der Waals surface area contributed by atoms with Crippen LogP contribution in [0.3, 0.4) is 0 Å². The Hall–Kier alpha value is -1.75. The highest BCUT2D eigenvalue weighted by Crippen LogP contribution is 2.30. The number of benzene rings is 1. The zero-order chi connectivity index (χ0) is 13.2. The smallest absolute Gasteiger partial charge is 0.165 e. The molecule has 2 aliphatic heterocycles. The second-order valence-electron chi connectivity index (χ2n) is 4.90. The molecule has 0 aliphatic carbocycles. The van der Waals surface area contributed by atoms with Gasteiger partial charge >= 0.3 is 0 Å². The summed E-state index contributed by atoms with van der Waals surface area (Å²) in [5, 5.41) is 3.22. The van der Waals surface area contributed by atoms with Gasteiger partial charge < -0.3 is 20.7 Å². The Balaban J connectivity index is 1.77. The first-order valence-electron chi connectivity index (χ1n) is 6.59. The van der Waals surface area contributed by atoms with E-state index in [1.165, 1.54) is 11.8 Å². The number of nitrogens with one attached hydrogen (secondary N) is 1. The van der Waals surface area contributed by atoms with Crippen LogP contribution in [0.1, 0.15) is 12.0 Å². The average molecular weight is 263 g/mol. The van der Waals surface area contributed by atoms with E-state index in [0.717, 1.165) is 25.1 Å². The van der Waals surface area contributed by atoms with Crippen molar-refractivity contribution >= 4 is 0 Å². The van der Waals surface area contributed by atoms with Crippen molar-refractivity contribution in [3.8, 4) is 5.75 Å². The highest BCUT2D eigenvalue weighted by Gasteiger charge is 2.29.